The SMILES string of the molecule is CCNC1CCC(C)CC1CN1CCCC1. The molecule has 2 nitrogen and oxygen atoms in total. The molecule has 1 aliphatic carbocycles. The lowest BCUT2D eigenvalue weighted by Crippen LogP contribution is -2.45. The summed E-state index contributed by atoms with van der Waals surface area (Å²) in [6, 6.07) is 0.793. The van der Waals surface area contributed by atoms with Crippen LogP contribution in [0.3, 0.4) is 0 Å². The molecule has 16 heavy (non-hydrogen) atoms. The Hall–Kier alpha value is -0.0800. The number of likely N-dealkylation sites (tertiary alicyclic amines) is 1. The fourth-order valence-electron chi connectivity index (χ4n) is 3.53. The van der Waals surface area contributed by atoms with E-state index in [2.05, 4.69) is 24.1 Å². The van der Waals surface area contributed by atoms with Gasteiger partial charge in [-0.3, -0.25) is 0 Å². The van der Waals surface area contributed by atoms with E-state index in [9.17, 15) is 0 Å². The zero-order valence-corrected chi connectivity index (χ0v) is 11.0. The molecule has 2 rings (SSSR count). The molecule has 1 saturated heterocycles. The van der Waals surface area contributed by atoms with Crippen molar-refractivity contribution in [3.63, 3.8) is 0 Å². The molecule has 0 bridgehead atoms. The summed E-state index contributed by atoms with van der Waals surface area (Å²) >= 11 is 0. The number of hydrogen-bond donors (Lipinski definition) is 1. The average molecular weight is 224 g/mol. The summed E-state index contributed by atoms with van der Waals surface area (Å²) in [6.07, 6.45) is 7.11. The van der Waals surface area contributed by atoms with Gasteiger partial charge in [-0.2, -0.15) is 0 Å². The van der Waals surface area contributed by atoms with Crippen LogP contribution in [0.4, 0.5) is 0 Å². The van der Waals surface area contributed by atoms with Crippen LogP contribution in [0, 0.1) is 11.8 Å². The zero-order chi connectivity index (χ0) is 11.4. The minimum Gasteiger partial charge on any atom is -0.314 e. The highest BCUT2D eigenvalue weighted by atomic mass is 15.1. The third-order valence-corrected chi connectivity index (χ3v) is 4.40. The third-order valence-electron chi connectivity index (χ3n) is 4.40. The van der Waals surface area contributed by atoms with E-state index in [1.54, 1.807) is 0 Å². The van der Waals surface area contributed by atoms with Crippen molar-refractivity contribution in [2.75, 3.05) is 26.2 Å². The number of nitrogens with one attached hydrogen (secondary N) is 1. The molecule has 0 spiro atoms. The van der Waals surface area contributed by atoms with Gasteiger partial charge in [-0.05, 0) is 63.6 Å². The van der Waals surface area contributed by atoms with Gasteiger partial charge < -0.3 is 10.2 Å². The maximum atomic E-state index is 3.70. The Labute approximate surface area is 101 Å². The maximum Gasteiger partial charge on any atom is 0.0108 e. The summed E-state index contributed by atoms with van der Waals surface area (Å²) in [5, 5.41) is 3.70. The average Bonchev–Trinajstić information content (AvgIpc) is 2.75. The summed E-state index contributed by atoms with van der Waals surface area (Å²) in [5.41, 5.74) is 0. The second-order valence-electron chi connectivity index (χ2n) is 5.85. The molecule has 3 unspecified atom stereocenters. The molecule has 2 aliphatic rings. The lowest BCUT2D eigenvalue weighted by atomic mass is 9.78. The third kappa shape index (κ3) is 3.21. The molecule has 0 aromatic rings. The molecular weight excluding hydrogens is 196 g/mol. The Balaban J connectivity index is 1.85. The topological polar surface area (TPSA) is 15.3 Å². The van der Waals surface area contributed by atoms with Crippen molar-refractivity contribution >= 4 is 0 Å². The van der Waals surface area contributed by atoms with E-state index in [1.165, 1.54) is 51.7 Å². The first kappa shape index (κ1) is 12.4. The van der Waals surface area contributed by atoms with E-state index in [4.69, 9.17) is 0 Å². The van der Waals surface area contributed by atoms with Gasteiger partial charge in [0.15, 0.2) is 0 Å². The Morgan fingerprint density at radius 1 is 1.19 bits per heavy atom. The summed E-state index contributed by atoms with van der Waals surface area (Å²) < 4.78 is 0. The monoisotopic (exact) mass is 224 g/mol. The predicted molar refractivity (Wildman–Crippen MR) is 69.6 cm³/mol. The first-order chi connectivity index (χ1) is 7.79. The van der Waals surface area contributed by atoms with Crippen LogP contribution >= 0.6 is 0 Å². The van der Waals surface area contributed by atoms with Crippen molar-refractivity contribution in [1.82, 2.24) is 10.2 Å². The molecule has 0 aromatic carbocycles. The molecule has 94 valence electrons. The van der Waals surface area contributed by atoms with Gasteiger partial charge in [0.2, 0.25) is 0 Å². The molecule has 0 aromatic heterocycles. The summed E-state index contributed by atoms with van der Waals surface area (Å²) in [6.45, 7) is 9.86. The van der Waals surface area contributed by atoms with Crippen molar-refractivity contribution in [3.8, 4) is 0 Å². The molecule has 0 amide bonds. The predicted octanol–water partition coefficient (Wildman–Crippen LogP) is 2.50. The fourth-order valence-corrected chi connectivity index (χ4v) is 3.53. The smallest absolute Gasteiger partial charge is 0.0108 e. The van der Waals surface area contributed by atoms with Crippen LogP contribution in [0.15, 0.2) is 0 Å². The Morgan fingerprint density at radius 3 is 2.62 bits per heavy atom. The quantitative estimate of drug-likeness (QED) is 0.789. The van der Waals surface area contributed by atoms with E-state index in [1.807, 2.05) is 0 Å². The highest BCUT2D eigenvalue weighted by Crippen LogP contribution is 2.30. The minimum atomic E-state index is 0.793. The second-order valence-corrected chi connectivity index (χ2v) is 5.85. The number of hydrogen-bond acceptors (Lipinski definition) is 2. The van der Waals surface area contributed by atoms with Crippen molar-refractivity contribution in [1.29, 1.82) is 0 Å². The van der Waals surface area contributed by atoms with Gasteiger partial charge in [-0.1, -0.05) is 13.8 Å². The van der Waals surface area contributed by atoms with Crippen molar-refractivity contribution in [3.05, 3.63) is 0 Å². The summed E-state index contributed by atoms with van der Waals surface area (Å²) in [4.78, 5) is 2.69. The highest BCUT2D eigenvalue weighted by molar-refractivity contribution is 4.86. The number of rotatable bonds is 4. The normalized spacial score (nSPS) is 36.8. The lowest BCUT2D eigenvalue weighted by molar-refractivity contribution is 0.161. The maximum absolute atomic E-state index is 3.70. The van der Waals surface area contributed by atoms with E-state index in [0.29, 0.717) is 0 Å². The molecule has 2 fully saturated rings. The molecular formula is C14H28N2. The fraction of sp³-hybridized carbons (Fsp3) is 1.00. The second kappa shape index (κ2) is 6.02. The van der Waals surface area contributed by atoms with Crippen molar-refractivity contribution in [2.24, 2.45) is 11.8 Å². The molecule has 1 saturated carbocycles. The number of nitrogens with zero attached hydrogens (tertiary/aromatic N) is 1. The van der Waals surface area contributed by atoms with Gasteiger partial charge >= 0.3 is 0 Å². The van der Waals surface area contributed by atoms with Gasteiger partial charge in [0.25, 0.3) is 0 Å². The van der Waals surface area contributed by atoms with Gasteiger partial charge in [-0.25, -0.2) is 0 Å². The van der Waals surface area contributed by atoms with E-state index < -0.39 is 0 Å². The van der Waals surface area contributed by atoms with Crippen LogP contribution in [-0.2, 0) is 0 Å². The van der Waals surface area contributed by atoms with Gasteiger partial charge in [0.1, 0.15) is 0 Å². The summed E-state index contributed by atoms with van der Waals surface area (Å²) in [5.74, 6) is 1.85. The first-order valence-corrected chi connectivity index (χ1v) is 7.25. The van der Waals surface area contributed by atoms with Gasteiger partial charge in [-0.15, -0.1) is 0 Å². The molecule has 1 N–H and O–H groups in total. The van der Waals surface area contributed by atoms with Crippen LogP contribution in [0.25, 0.3) is 0 Å². The van der Waals surface area contributed by atoms with Crippen LogP contribution in [0.2, 0.25) is 0 Å². The standard InChI is InChI=1S/C14H28N2/c1-3-15-14-7-6-12(2)10-13(14)11-16-8-4-5-9-16/h12-15H,3-11H2,1-2H3. The van der Waals surface area contributed by atoms with Crippen molar-refractivity contribution < 1.29 is 0 Å². The highest BCUT2D eigenvalue weighted by Gasteiger charge is 2.29. The molecule has 3 atom stereocenters. The van der Waals surface area contributed by atoms with Crippen LogP contribution in [-0.4, -0.2) is 37.1 Å². The molecule has 1 aliphatic heterocycles. The van der Waals surface area contributed by atoms with Crippen LogP contribution in [0.5, 0.6) is 0 Å². The Kier molecular flexibility index (Phi) is 4.66. The zero-order valence-electron chi connectivity index (χ0n) is 11.0. The van der Waals surface area contributed by atoms with Gasteiger partial charge in [0, 0.05) is 12.6 Å². The molecule has 1 heterocycles. The van der Waals surface area contributed by atoms with Crippen molar-refractivity contribution in [2.45, 2.75) is 52.0 Å². The summed E-state index contributed by atoms with van der Waals surface area (Å²) in [7, 11) is 0. The molecule has 2 heteroatoms. The lowest BCUT2D eigenvalue weighted by Gasteiger charge is -2.37. The van der Waals surface area contributed by atoms with E-state index >= 15 is 0 Å². The van der Waals surface area contributed by atoms with Crippen LogP contribution in [0.1, 0.15) is 46.0 Å². The van der Waals surface area contributed by atoms with Gasteiger partial charge in [0.05, 0.1) is 0 Å². The minimum absolute atomic E-state index is 0.793. The van der Waals surface area contributed by atoms with Crippen LogP contribution < -0.4 is 5.32 Å². The largest absolute Gasteiger partial charge is 0.314 e. The van der Waals surface area contributed by atoms with E-state index in [-0.39, 0.29) is 0 Å². The Morgan fingerprint density at radius 2 is 1.94 bits per heavy atom. The first-order valence-electron chi connectivity index (χ1n) is 7.25. The van der Waals surface area contributed by atoms with E-state index in [0.717, 1.165) is 24.4 Å². The molecule has 0 radical (unpaired) electrons. The Bertz CT molecular complexity index is 199.